The predicted molar refractivity (Wildman–Crippen MR) is 246 cm³/mol. The van der Waals surface area contributed by atoms with Gasteiger partial charge in [-0.2, -0.15) is 10.2 Å². The summed E-state index contributed by atoms with van der Waals surface area (Å²) in [5, 5.41) is 59.6. The number of hydrogen-bond acceptors (Lipinski definition) is 11. The largest absolute Gasteiger partial charge is 0.505 e. The second-order valence-corrected chi connectivity index (χ2v) is 18.3. The lowest BCUT2D eigenvalue weighted by Gasteiger charge is -2.39. The molecule has 4 aliphatic rings. The van der Waals surface area contributed by atoms with Crippen LogP contribution in [0.25, 0.3) is 67.1 Å². The number of likely N-dealkylation sites (tertiary alicyclic amines) is 2. The molecule has 4 atom stereocenters. The van der Waals surface area contributed by atoms with Crippen LogP contribution in [0, 0.1) is 11.6 Å². The zero-order valence-electron chi connectivity index (χ0n) is 37.2. The molecule has 17 nitrogen and oxygen atoms in total. The fourth-order valence-corrected chi connectivity index (χ4v) is 11.0. The molecule has 0 radical (unpaired) electrons. The second kappa shape index (κ2) is 16.0. The van der Waals surface area contributed by atoms with Crippen molar-refractivity contribution in [3.05, 3.63) is 106 Å². The Hall–Kier alpha value is -7.19. The molecule has 348 valence electrons. The molecule has 19 heteroatoms. The normalized spacial score (nSPS) is 20.7. The van der Waals surface area contributed by atoms with Crippen molar-refractivity contribution in [2.24, 2.45) is 0 Å². The Morgan fingerprint density at radius 1 is 0.647 bits per heavy atom. The zero-order valence-corrected chi connectivity index (χ0v) is 37.2. The first-order valence-electron chi connectivity index (χ1n) is 23.0. The Morgan fingerprint density at radius 2 is 1.09 bits per heavy atom. The van der Waals surface area contributed by atoms with Crippen LogP contribution in [0.2, 0.25) is 0 Å². The van der Waals surface area contributed by atoms with Crippen LogP contribution in [-0.4, -0.2) is 124 Å². The number of aromatic amines is 4. The molecule has 12 rings (SSSR count). The van der Waals surface area contributed by atoms with Crippen molar-refractivity contribution < 1.29 is 34.0 Å². The third-order valence-electron chi connectivity index (χ3n) is 14.4. The lowest BCUT2D eigenvalue weighted by molar-refractivity contribution is -0.0181. The highest BCUT2D eigenvalue weighted by Crippen LogP contribution is 2.39. The lowest BCUT2D eigenvalue weighted by atomic mass is 9.96. The topological polar surface area (TPSA) is 226 Å². The van der Waals surface area contributed by atoms with Gasteiger partial charge in [-0.05, 0) is 108 Å². The number of H-pyrrole nitrogens is 4. The van der Waals surface area contributed by atoms with E-state index in [0.29, 0.717) is 99.1 Å². The summed E-state index contributed by atoms with van der Waals surface area (Å²) in [7, 11) is 0. The van der Waals surface area contributed by atoms with Gasteiger partial charge in [0.2, 0.25) is 0 Å². The summed E-state index contributed by atoms with van der Waals surface area (Å²) in [6, 6.07) is 16.9. The number of phenols is 2. The van der Waals surface area contributed by atoms with Crippen molar-refractivity contribution in [1.29, 1.82) is 0 Å². The van der Waals surface area contributed by atoms with E-state index in [1.807, 2.05) is 50.2 Å². The maximum Gasteiger partial charge on any atom is 0.322 e. The van der Waals surface area contributed by atoms with Crippen molar-refractivity contribution >= 4 is 27.8 Å². The number of amides is 2. The van der Waals surface area contributed by atoms with Gasteiger partial charge < -0.3 is 40.2 Å². The number of nitrogens with zero attached hydrogens (tertiary/aromatic N) is 8. The molecule has 8 heterocycles. The van der Waals surface area contributed by atoms with E-state index in [2.05, 4.69) is 40.2 Å². The number of hydrogen-bond donors (Lipinski definition) is 8. The summed E-state index contributed by atoms with van der Waals surface area (Å²) in [5.74, 6) is -0.921. The summed E-state index contributed by atoms with van der Waals surface area (Å²) in [6.07, 6.45) is -0.683. The second-order valence-electron chi connectivity index (χ2n) is 18.3. The standard InChI is InChI=1S/C49H48F2N12O5/c1-3-23-15-41(66)31(50)17-29(23)25-5-7-27-33(13-25)56-58-43(27)45-52-35-19-60(20-36(35)53-45)47-39(64)9-11-62(47)49(68)63-12-10-40(65)48(63)61-21-37-38(22-61)55-46(54-37)44-28-8-6-26(14-34(28)57-59-44)30-18-32(51)42(67)16-24(30)4-2/h5-8,13-18,39-40,47-48,64-67H,3-4,9-12,19-22H2,1-2H3,(H,52,53)(H,54,55)(H,56,58)(H,57,59)/t39?,40?,47-,48-/m1/s1. The highest BCUT2D eigenvalue weighted by atomic mass is 19.1. The molecule has 4 aromatic heterocycles. The van der Waals surface area contributed by atoms with E-state index in [1.165, 1.54) is 24.3 Å². The first-order valence-corrected chi connectivity index (χ1v) is 23.0. The van der Waals surface area contributed by atoms with Crippen molar-refractivity contribution in [2.45, 2.75) is 90.2 Å². The van der Waals surface area contributed by atoms with E-state index >= 15 is 0 Å². The molecule has 0 bridgehead atoms. The van der Waals surface area contributed by atoms with Gasteiger partial charge in [0.1, 0.15) is 23.7 Å². The molecule has 68 heavy (non-hydrogen) atoms. The van der Waals surface area contributed by atoms with Crippen LogP contribution in [0.4, 0.5) is 13.6 Å². The molecule has 2 amide bonds. The quantitative estimate of drug-likeness (QED) is 0.0810. The van der Waals surface area contributed by atoms with Gasteiger partial charge in [0.25, 0.3) is 0 Å². The maximum absolute atomic E-state index is 14.6. The SMILES string of the molecule is CCc1cc(O)c(F)cc1-c1ccc2c(-c3nc4c([nH]3)CN([C@H]3C(O)CCN3C(=O)N3CCC(O)[C@@H]3N3Cc5nc(-c6n[nH]c7cc(-c8cc(F)c(O)cc8CC)ccc67)[nH]c5C3)C4)n[nH]c2c1. The number of aliphatic hydroxyl groups is 2. The minimum atomic E-state index is -0.781. The van der Waals surface area contributed by atoms with E-state index in [1.54, 1.807) is 9.80 Å². The third kappa shape index (κ3) is 6.74. The number of urea groups is 1. The minimum Gasteiger partial charge on any atom is -0.505 e. The van der Waals surface area contributed by atoms with Gasteiger partial charge in [-0.3, -0.25) is 20.0 Å². The Kier molecular flexibility index (Phi) is 9.91. The first kappa shape index (κ1) is 42.2. The third-order valence-corrected chi connectivity index (χ3v) is 14.4. The van der Waals surface area contributed by atoms with Crippen LogP contribution in [0.3, 0.4) is 0 Å². The Morgan fingerprint density at radius 3 is 1.50 bits per heavy atom. The molecule has 2 fully saturated rings. The summed E-state index contributed by atoms with van der Waals surface area (Å²) >= 11 is 0. The van der Waals surface area contributed by atoms with Gasteiger partial charge >= 0.3 is 6.03 Å². The van der Waals surface area contributed by atoms with E-state index in [0.717, 1.165) is 66.8 Å². The maximum atomic E-state index is 14.6. The monoisotopic (exact) mass is 922 g/mol. The number of nitrogens with one attached hydrogen (secondary N) is 4. The van der Waals surface area contributed by atoms with E-state index in [-0.39, 0.29) is 17.5 Å². The van der Waals surface area contributed by atoms with Crippen LogP contribution >= 0.6 is 0 Å². The molecular formula is C49H48F2N12O5. The molecule has 0 aliphatic carbocycles. The van der Waals surface area contributed by atoms with Crippen molar-refractivity contribution in [3.63, 3.8) is 0 Å². The lowest BCUT2D eigenvalue weighted by Crippen LogP contribution is -2.57. The molecule has 2 saturated heterocycles. The number of imidazole rings is 2. The van der Waals surface area contributed by atoms with Crippen molar-refractivity contribution in [1.82, 2.24) is 59.9 Å². The van der Waals surface area contributed by atoms with E-state index < -0.39 is 36.2 Å². The molecule has 8 N–H and O–H groups in total. The number of phenolic OH excluding ortho intramolecular Hbond substituents is 2. The van der Waals surface area contributed by atoms with Gasteiger partial charge in [-0.15, -0.1) is 0 Å². The molecule has 4 aromatic carbocycles. The Bertz CT molecular complexity index is 3060. The average Bonchev–Trinajstić information content (AvgIpc) is 4.20. The molecule has 4 aliphatic heterocycles. The van der Waals surface area contributed by atoms with Crippen molar-refractivity contribution in [2.75, 3.05) is 13.1 Å². The Balaban J connectivity index is 0.727. The number of aromatic hydroxyl groups is 2. The summed E-state index contributed by atoms with van der Waals surface area (Å²) in [4.78, 5) is 38.9. The highest BCUT2D eigenvalue weighted by molar-refractivity contribution is 5.95. The first-order chi connectivity index (χ1) is 32.9. The number of benzene rings is 4. The summed E-state index contributed by atoms with van der Waals surface area (Å²) in [6.45, 7) is 6.30. The number of rotatable bonds is 8. The molecular weight excluding hydrogens is 875 g/mol. The molecule has 2 unspecified atom stereocenters. The van der Waals surface area contributed by atoms with Crippen LogP contribution < -0.4 is 0 Å². The van der Waals surface area contributed by atoms with Gasteiger partial charge in [0, 0.05) is 50.0 Å². The van der Waals surface area contributed by atoms with Crippen LogP contribution in [0.15, 0.2) is 60.7 Å². The van der Waals surface area contributed by atoms with Crippen LogP contribution in [0.1, 0.15) is 60.6 Å². The number of aromatic nitrogens is 8. The van der Waals surface area contributed by atoms with E-state index in [9.17, 15) is 34.0 Å². The number of halogens is 2. The average molecular weight is 923 g/mol. The number of aryl methyl sites for hydroxylation is 2. The fourth-order valence-electron chi connectivity index (χ4n) is 11.0. The van der Waals surface area contributed by atoms with Gasteiger partial charge in [-0.25, -0.2) is 23.5 Å². The van der Waals surface area contributed by atoms with Gasteiger partial charge in [-0.1, -0.05) is 26.0 Å². The smallest absolute Gasteiger partial charge is 0.322 e. The van der Waals surface area contributed by atoms with Crippen LogP contribution in [-0.2, 0) is 39.0 Å². The summed E-state index contributed by atoms with van der Waals surface area (Å²) in [5.41, 5.74) is 10.8. The number of fused-ring (bicyclic) bond motifs is 4. The Labute approximate surface area is 387 Å². The molecule has 0 saturated carbocycles. The molecule has 8 aromatic rings. The number of carbonyl (C=O) groups excluding carboxylic acids is 1. The fraction of sp³-hybridized carbons (Fsp3) is 0.327. The van der Waals surface area contributed by atoms with Crippen LogP contribution in [0.5, 0.6) is 11.5 Å². The van der Waals surface area contributed by atoms with Gasteiger partial charge in [0.15, 0.2) is 34.8 Å². The highest BCUT2D eigenvalue weighted by Gasteiger charge is 2.49. The number of aliphatic hydroxyl groups excluding tert-OH is 2. The van der Waals surface area contributed by atoms with Crippen molar-refractivity contribution in [3.8, 4) is 56.8 Å². The molecule has 0 spiro atoms. The zero-order chi connectivity index (χ0) is 46.7. The van der Waals surface area contributed by atoms with Gasteiger partial charge in [0.05, 0.1) is 46.0 Å². The predicted octanol–water partition coefficient (Wildman–Crippen LogP) is 6.60. The number of carbonyl (C=O) groups is 1. The summed E-state index contributed by atoms with van der Waals surface area (Å²) < 4.78 is 28.8. The van der Waals surface area contributed by atoms with E-state index in [4.69, 9.17) is 9.97 Å². The minimum absolute atomic E-state index is 0.242.